The summed E-state index contributed by atoms with van der Waals surface area (Å²) in [5.74, 6) is -0.0678. The van der Waals surface area contributed by atoms with Crippen molar-refractivity contribution in [1.29, 1.82) is 0 Å². The predicted octanol–water partition coefficient (Wildman–Crippen LogP) is 0.317. The smallest absolute Gasteiger partial charge is 0.262 e. The highest BCUT2D eigenvalue weighted by Crippen LogP contribution is 2.13. The third kappa shape index (κ3) is 2.39. The van der Waals surface area contributed by atoms with Gasteiger partial charge in [-0.25, -0.2) is 4.98 Å². The molecule has 1 fully saturated rings. The zero-order valence-electron chi connectivity index (χ0n) is 10.2. The van der Waals surface area contributed by atoms with E-state index < -0.39 is 0 Å². The van der Waals surface area contributed by atoms with E-state index in [2.05, 4.69) is 4.98 Å². The highest BCUT2D eigenvalue weighted by atomic mass is 32.1. The second-order valence-electron chi connectivity index (χ2n) is 4.31. The van der Waals surface area contributed by atoms with Crippen LogP contribution in [0.4, 0.5) is 0 Å². The van der Waals surface area contributed by atoms with Crippen molar-refractivity contribution >= 4 is 27.5 Å². The molecule has 1 aliphatic heterocycles. The maximum Gasteiger partial charge on any atom is 0.262 e. The Balaban J connectivity index is 1.82. The van der Waals surface area contributed by atoms with Crippen molar-refractivity contribution in [3.63, 3.8) is 0 Å². The van der Waals surface area contributed by atoms with E-state index in [0.717, 1.165) is 0 Å². The summed E-state index contributed by atoms with van der Waals surface area (Å²) >= 11 is 1.42. The fourth-order valence-corrected chi connectivity index (χ4v) is 2.79. The molecule has 1 amide bonds. The largest absolute Gasteiger partial charge is 0.378 e. The van der Waals surface area contributed by atoms with Crippen molar-refractivity contribution in [2.75, 3.05) is 26.3 Å². The number of morpholine rings is 1. The molecule has 1 saturated heterocycles. The van der Waals surface area contributed by atoms with Crippen LogP contribution in [0.2, 0.25) is 0 Å². The van der Waals surface area contributed by atoms with Gasteiger partial charge >= 0.3 is 0 Å². The quantitative estimate of drug-likeness (QED) is 0.794. The lowest BCUT2D eigenvalue weighted by Crippen LogP contribution is -2.43. The molecular weight excluding hydrogens is 266 g/mol. The Labute approximate surface area is 113 Å². The number of ether oxygens (including phenoxy) is 1. The van der Waals surface area contributed by atoms with Crippen molar-refractivity contribution in [3.05, 3.63) is 28.1 Å². The SMILES string of the molecule is O=C(Cn1cnc2sccc2c1=O)N1CCOCC1. The molecule has 2 aromatic heterocycles. The summed E-state index contributed by atoms with van der Waals surface area (Å²) in [6, 6.07) is 1.74. The number of carbonyl (C=O) groups is 1. The van der Waals surface area contributed by atoms with Gasteiger partial charge in [0.25, 0.3) is 5.56 Å². The van der Waals surface area contributed by atoms with Crippen LogP contribution < -0.4 is 5.56 Å². The summed E-state index contributed by atoms with van der Waals surface area (Å²) in [6.07, 6.45) is 1.44. The van der Waals surface area contributed by atoms with Crippen molar-refractivity contribution in [3.8, 4) is 0 Å². The molecule has 0 radical (unpaired) electrons. The van der Waals surface area contributed by atoms with E-state index in [4.69, 9.17) is 4.74 Å². The molecule has 7 heteroatoms. The van der Waals surface area contributed by atoms with Crippen LogP contribution >= 0.6 is 11.3 Å². The van der Waals surface area contributed by atoms with E-state index >= 15 is 0 Å². The van der Waals surface area contributed by atoms with Crippen LogP contribution in [0, 0.1) is 0 Å². The first kappa shape index (κ1) is 12.3. The Hall–Kier alpha value is -1.73. The van der Waals surface area contributed by atoms with Crippen LogP contribution in [-0.2, 0) is 16.1 Å². The number of aromatic nitrogens is 2. The van der Waals surface area contributed by atoms with Gasteiger partial charge in [-0.3, -0.25) is 14.2 Å². The first-order valence-electron chi connectivity index (χ1n) is 6.04. The fourth-order valence-electron chi connectivity index (χ4n) is 2.06. The molecule has 0 atom stereocenters. The normalized spacial score (nSPS) is 15.9. The molecule has 19 heavy (non-hydrogen) atoms. The van der Waals surface area contributed by atoms with E-state index in [1.165, 1.54) is 22.2 Å². The van der Waals surface area contributed by atoms with Gasteiger partial charge in [0.1, 0.15) is 11.4 Å². The molecule has 100 valence electrons. The average molecular weight is 279 g/mol. The Bertz CT molecular complexity index is 658. The molecule has 3 heterocycles. The summed E-state index contributed by atoms with van der Waals surface area (Å²) in [4.78, 5) is 30.8. The molecule has 6 nitrogen and oxygen atoms in total. The zero-order valence-corrected chi connectivity index (χ0v) is 11.1. The van der Waals surface area contributed by atoms with Gasteiger partial charge in [-0.1, -0.05) is 0 Å². The lowest BCUT2D eigenvalue weighted by Gasteiger charge is -2.26. The lowest BCUT2D eigenvalue weighted by atomic mass is 10.3. The van der Waals surface area contributed by atoms with Crippen molar-refractivity contribution in [2.45, 2.75) is 6.54 Å². The molecule has 0 aliphatic carbocycles. The van der Waals surface area contributed by atoms with Gasteiger partial charge in [-0.15, -0.1) is 11.3 Å². The van der Waals surface area contributed by atoms with E-state index in [0.29, 0.717) is 36.5 Å². The van der Waals surface area contributed by atoms with Crippen molar-refractivity contribution in [1.82, 2.24) is 14.5 Å². The van der Waals surface area contributed by atoms with E-state index in [1.54, 1.807) is 11.0 Å². The Morgan fingerprint density at radius 2 is 2.21 bits per heavy atom. The fraction of sp³-hybridized carbons (Fsp3) is 0.417. The van der Waals surface area contributed by atoms with E-state index in [-0.39, 0.29) is 18.0 Å². The predicted molar refractivity (Wildman–Crippen MR) is 71.3 cm³/mol. The third-order valence-electron chi connectivity index (χ3n) is 3.12. The Morgan fingerprint density at radius 1 is 1.42 bits per heavy atom. The first-order valence-corrected chi connectivity index (χ1v) is 6.92. The van der Waals surface area contributed by atoms with Crippen LogP contribution in [-0.4, -0.2) is 46.7 Å². The maximum absolute atomic E-state index is 12.1. The summed E-state index contributed by atoms with van der Waals surface area (Å²) < 4.78 is 6.57. The number of nitrogens with zero attached hydrogens (tertiary/aromatic N) is 3. The average Bonchev–Trinajstić information content (AvgIpc) is 2.92. The number of hydrogen-bond donors (Lipinski definition) is 0. The second-order valence-corrected chi connectivity index (χ2v) is 5.20. The molecule has 1 aliphatic rings. The minimum absolute atomic E-state index is 0.0393. The topological polar surface area (TPSA) is 64.4 Å². The molecule has 0 bridgehead atoms. The van der Waals surface area contributed by atoms with Crippen molar-refractivity contribution in [2.24, 2.45) is 0 Å². The summed E-state index contributed by atoms with van der Waals surface area (Å²) in [6.45, 7) is 2.33. The molecule has 0 saturated carbocycles. The number of rotatable bonds is 2. The molecular formula is C12H13N3O3S. The molecule has 0 spiro atoms. The number of amides is 1. The highest BCUT2D eigenvalue weighted by molar-refractivity contribution is 7.16. The zero-order chi connectivity index (χ0) is 13.2. The molecule has 0 N–H and O–H groups in total. The second kappa shape index (κ2) is 5.10. The summed E-state index contributed by atoms with van der Waals surface area (Å²) in [5, 5.41) is 2.40. The Morgan fingerprint density at radius 3 is 3.00 bits per heavy atom. The number of carbonyl (C=O) groups excluding carboxylic acids is 1. The van der Waals surface area contributed by atoms with E-state index in [9.17, 15) is 9.59 Å². The van der Waals surface area contributed by atoms with Crippen LogP contribution in [0.3, 0.4) is 0 Å². The molecule has 2 aromatic rings. The molecule has 3 rings (SSSR count). The summed E-state index contributed by atoms with van der Waals surface area (Å²) in [5.41, 5.74) is -0.159. The van der Waals surface area contributed by atoms with Crippen LogP contribution in [0.25, 0.3) is 10.2 Å². The van der Waals surface area contributed by atoms with Crippen molar-refractivity contribution < 1.29 is 9.53 Å². The van der Waals surface area contributed by atoms with Gasteiger partial charge in [0, 0.05) is 13.1 Å². The van der Waals surface area contributed by atoms with Gasteiger partial charge < -0.3 is 9.64 Å². The van der Waals surface area contributed by atoms with Gasteiger partial charge in [0.05, 0.1) is 24.9 Å². The minimum Gasteiger partial charge on any atom is -0.378 e. The van der Waals surface area contributed by atoms with Crippen LogP contribution in [0.1, 0.15) is 0 Å². The number of thiophene rings is 1. The summed E-state index contributed by atoms with van der Waals surface area (Å²) in [7, 11) is 0. The number of hydrogen-bond acceptors (Lipinski definition) is 5. The van der Waals surface area contributed by atoms with Crippen LogP contribution in [0.5, 0.6) is 0 Å². The highest BCUT2D eigenvalue weighted by Gasteiger charge is 2.18. The monoisotopic (exact) mass is 279 g/mol. The lowest BCUT2D eigenvalue weighted by molar-refractivity contribution is -0.135. The third-order valence-corrected chi connectivity index (χ3v) is 3.94. The van der Waals surface area contributed by atoms with Crippen LogP contribution in [0.15, 0.2) is 22.6 Å². The van der Waals surface area contributed by atoms with Gasteiger partial charge in [0.2, 0.25) is 5.91 Å². The van der Waals surface area contributed by atoms with E-state index in [1.807, 2.05) is 5.38 Å². The first-order chi connectivity index (χ1) is 9.25. The molecule has 0 aromatic carbocycles. The number of fused-ring (bicyclic) bond motifs is 1. The Kier molecular flexibility index (Phi) is 3.31. The van der Waals surface area contributed by atoms with Gasteiger partial charge in [0.15, 0.2) is 0 Å². The minimum atomic E-state index is -0.159. The standard InChI is InChI=1S/C12H13N3O3S/c16-10(14-2-4-18-5-3-14)7-15-8-13-11-9(12(15)17)1-6-19-11/h1,6,8H,2-5,7H2. The molecule has 0 unspecified atom stereocenters. The van der Waals surface area contributed by atoms with Gasteiger partial charge in [-0.05, 0) is 11.4 Å². The maximum atomic E-state index is 12.1. The van der Waals surface area contributed by atoms with Gasteiger partial charge in [-0.2, -0.15) is 0 Å².